The van der Waals surface area contributed by atoms with Gasteiger partial charge in [-0.3, -0.25) is 0 Å². The Morgan fingerprint density at radius 3 is 1.30 bits per heavy atom. The summed E-state index contributed by atoms with van der Waals surface area (Å²) in [6.45, 7) is 0. The molecule has 0 radical (unpaired) electrons. The average Bonchev–Trinajstić information content (AvgIpc) is 4.03. The van der Waals surface area contributed by atoms with E-state index in [-0.39, 0.29) is 0 Å². The largest absolute Gasteiger partial charge is 0.309 e. The van der Waals surface area contributed by atoms with Crippen molar-refractivity contribution in [3.05, 3.63) is 212 Å². The van der Waals surface area contributed by atoms with Crippen molar-refractivity contribution in [2.45, 2.75) is 0 Å². The van der Waals surface area contributed by atoms with Crippen LogP contribution in [-0.4, -0.2) is 14.5 Å². The van der Waals surface area contributed by atoms with E-state index in [1.165, 1.54) is 73.3 Å². The molecule has 0 N–H and O–H groups in total. The van der Waals surface area contributed by atoms with Gasteiger partial charge in [-0.15, -0.1) is 22.7 Å². The van der Waals surface area contributed by atoms with Crippen molar-refractivity contribution in [2.24, 2.45) is 0 Å². The molecule has 0 aliphatic rings. The molecule has 4 aromatic heterocycles. The van der Waals surface area contributed by atoms with Gasteiger partial charge in [-0.25, -0.2) is 9.97 Å². The van der Waals surface area contributed by atoms with Crippen LogP contribution in [0, 0.1) is 0 Å². The Balaban J connectivity index is 0.996. The number of para-hydroxylation sites is 2. The van der Waals surface area contributed by atoms with Crippen molar-refractivity contribution in [2.75, 3.05) is 0 Å². The lowest BCUT2D eigenvalue weighted by Gasteiger charge is -2.14. The van der Waals surface area contributed by atoms with Gasteiger partial charge >= 0.3 is 0 Å². The van der Waals surface area contributed by atoms with Gasteiger partial charge in [-0.1, -0.05) is 127 Å². The summed E-state index contributed by atoms with van der Waals surface area (Å²) in [5.74, 6) is 0.693. The molecule has 3 nitrogen and oxygen atoms in total. The predicted molar refractivity (Wildman–Crippen MR) is 269 cm³/mol. The van der Waals surface area contributed by atoms with Crippen molar-refractivity contribution < 1.29 is 0 Å². The highest BCUT2D eigenvalue weighted by Crippen LogP contribution is 2.41. The highest BCUT2D eigenvalue weighted by molar-refractivity contribution is 7.26. The Kier molecular flexibility index (Phi) is 8.26. The summed E-state index contributed by atoms with van der Waals surface area (Å²) in [7, 11) is 0. The topological polar surface area (TPSA) is 30.7 Å². The van der Waals surface area contributed by atoms with Crippen LogP contribution in [0.25, 0.3) is 124 Å². The zero-order valence-corrected chi connectivity index (χ0v) is 35.5. The fourth-order valence-electron chi connectivity index (χ4n) is 9.36. The molecule has 0 aliphatic heterocycles. The standard InChI is InChI=1S/C58H35N3S2/c1-2-12-37(13-3-1)58-59-50(36-22-26-43(27-23-36)61-52-18-8-4-14-44(52)45-15-5-9-19-53(45)61)35-51(60-58)42-31-40(38-24-28-56-48(33-38)46-16-6-10-20-54(46)62-56)30-41(32-42)39-25-29-57-49(34-39)47-17-7-11-21-55(47)63-57/h1-35H. The fourth-order valence-corrected chi connectivity index (χ4v) is 11.5. The van der Waals surface area contributed by atoms with Gasteiger partial charge < -0.3 is 4.57 Å². The molecule has 13 aromatic rings. The molecule has 0 atom stereocenters. The molecule has 0 spiro atoms. The summed E-state index contributed by atoms with van der Waals surface area (Å²) in [5.41, 5.74) is 12.9. The second kappa shape index (κ2) is 14.5. The van der Waals surface area contributed by atoms with Crippen LogP contribution in [0.1, 0.15) is 0 Å². The number of benzene rings is 9. The van der Waals surface area contributed by atoms with Gasteiger partial charge in [0.15, 0.2) is 5.82 Å². The molecule has 0 aliphatic carbocycles. The van der Waals surface area contributed by atoms with E-state index in [1.807, 2.05) is 28.7 Å². The first kappa shape index (κ1) is 36.0. The zero-order chi connectivity index (χ0) is 41.4. The third-order valence-electron chi connectivity index (χ3n) is 12.4. The fraction of sp³-hybridized carbons (Fsp3) is 0. The summed E-state index contributed by atoms with van der Waals surface area (Å²) < 4.78 is 7.56. The number of thiophene rings is 2. The van der Waals surface area contributed by atoms with Gasteiger partial charge in [0.1, 0.15) is 0 Å². The number of nitrogens with zero attached hydrogens (tertiary/aromatic N) is 3. The number of rotatable bonds is 6. The summed E-state index contributed by atoms with van der Waals surface area (Å²) in [4.78, 5) is 10.6. The molecule has 0 amide bonds. The molecule has 0 fully saturated rings. The number of hydrogen-bond acceptors (Lipinski definition) is 4. The lowest BCUT2D eigenvalue weighted by Crippen LogP contribution is -1.97. The van der Waals surface area contributed by atoms with Gasteiger partial charge in [-0.2, -0.15) is 0 Å². The molecule has 294 valence electrons. The Hall–Kier alpha value is -7.70. The monoisotopic (exact) mass is 837 g/mol. The van der Waals surface area contributed by atoms with Crippen LogP contribution in [0.2, 0.25) is 0 Å². The first-order valence-corrected chi connectivity index (χ1v) is 22.8. The molecule has 63 heavy (non-hydrogen) atoms. The van der Waals surface area contributed by atoms with E-state index in [4.69, 9.17) is 9.97 Å². The summed E-state index contributed by atoms with van der Waals surface area (Å²) >= 11 is 3.70. The first-order chi connectivity index (χ1) is 31.2. The van der Waals surface area contributed by atoms with Crippen molar-refractivity contribution in [1.29, 1.82) is 0 Å². The lowest BCUT2D eigenvalue weighted by molar-refractivity contribution is 1.17. The van der Waals surface area contributed by atoms with Crippen LogP contribution in [-0.2, 0) is 0 Å². The Bertz CT molecular complexity index is 3730. The molecular formula is C58H35N3S2. The van der Waals surface area contributed by atoms with Crippen molar-refractivity contribution >= 4 is 84.8 Å². The number of hydrogen-bond donors (Lipinski definition) is 0. The second-order valence-corrected chi connectivity index (χ2v) is 18.3. The maximum atomic E-state index is 5.35. The van der Waals surface area contributed by atoms with E-state index in [2.05, 4.69) is 211 Å². The van der Waals surface area contributed by atoms with Crippen LogP contribution in [0.3, 0.4) is 0 Å². The van der Waals surface area contributed by atoms with E-state index >= 15 is 0 Å². The Morgan fingerprint density at radius 2 is 0.730 bits per heavy atom. The molecule has 0 bridgehead atoms. The Labute approximate surface area is 371 Å². The van der Waals surface area contributed by atoms with E-state index < -0.39 is 0 Å². The maximum Gasteiger partial charge on any atom is 0.160 e. The summed E-state index contributed by atoms with van der Waals surface area (Å²) in [6.07, 6.45) is 0. The second-order valence-electron chi connectivity index (χ2n) is 16.2. The quantitative estimate of drug-likeness (QED) is 0.167. The minimum Gasteiger partial charge on any atom is -0.309 e. The summed E-state index contributed by atoms with van der Waals surface area (Å²) in [5, 5.41) is 7.65. The van der Waals surface area contributed by atoms with Crippen molar-refractivity contribution in [1.82, 2.24) is 14.5 Å². The predicted octanol–water partition coefficient (Wildman–Crippen LogP) is 16.6. The SMILES string of the molecule is c1ccc(-c2nc(-c3ccc(-n4c5ccccc5c5ccccc54)cc3)cc(-c3cc(-c4ccc5sc6ccccc6c5c4)cc(-c4ccc5sc6ccccc6c5c4)c3)n2)cc1. The van der Waals surface area contributed by atoms with Crippen LogP contribution in [0.5, 0.6) is 0 Å². The minimum absolute atomic E-state index is 0.693. The molecule has 13 rings (SSSR count). The van der Waals surface area contributed by atoms with Crippen molar-refractivity contribution in [3.8, 4) is 61.8 Å². The van der Waals surface area contributed by atoms with Crippen LogP contribution in [0.15, 0.2) is 212 Å². The van der Waals surface area contributed by atoms with E-state index in [0.29, 0.717) is 5.82 Å². The van der Waals surface area contributed by atoms with Gasteiger partial charge in [0.2, 0.25) is 0 Å². The highest BCUT2D eigenvalue weighted by Gasteiger charge is 2.17. The Morgan fingerprint density at radius 1 is 0.286 bits per heavy atom. The van der Waals surface area contributed by atoms with Crippen molar-refractivity contribution in [3.63, 3.8) is 0 Å². The van der Waals surface area contributed by atoms with E-state index in [0.717, 1.165) is 44.9 Å². The first-order valence-electron chi connectivity index (χ1n) is 21.2. The lowest BCUT2D eigenvalue weighted by atomic mass is 9.93. The molecule has 0 unspecified atom stereocenters. The van der Waals surface area contributed by atoms with E-state index in [1.54, 1.807) is 0 Å². The third-order valence-corrected chi connectivity index (χ3v) is 14.7. The molecular weight excluding hydrogens is 803 g/mol. The molecule has 9 aromatic carbocycles. The van der Waals surface area contributed by atoms with Gasteiger partial charge in [0, 0.05) is 73.5 Å². The highest BCUT2D eigenvalue weighted by atomic mass is 32.1. The van der Waals surface area contributed by atoms with Gasteiger partial charge in [-0.05, 0) is 107 Å². The normalized spacial score (nSPS) is 11.8. The van der Waals surface area contributed by atoms with Crippen LogP contribution in [0.4, 0.5) is 0 Å². The van der Waals surface area contributed by atoms with Gasteiger partial charge in [0.05, 0.1) is 22.4 Å². The molecule has 4 heterocycles. The molecule has 5 heteroatoms. The summed E-state index contributed by atoms with van der Waals surface area (Å²) in [6, 6.07) is 76.9. The van der Waals surface area contributed by atoms with Crippen LogP contribution < -0.4 is 0 Å². The third kappa shape index (κ3) is 6.08. The van der Waals surface area contributed by atoms with E-state index in [9.17, 15) is 0 Å². The van der Waals surface area contributed by atoms with Gasteiger partial charge in [0.25, 0.3) is 0 Å². The van der Waals surface area contributed by atoms with Crippen LogP contribution >= 0.6 is 22.7 Å². The number of aromatic nitrogens is 3. The zero-order valence-electron chi connectivity index (χ0n) is 33.9. The average molecular weight is 838 g/mol. The minimum atomic E-state index is 0.693. The molecule has 0 saturated heterocycles. The smallest absolute Gasteiger partial charge is 0.160 e. The number of fused-ring (bicyclic) bond motifs is 9. The maximum absolute atomic E-state index is 5.35. The molecule has 0 saturated carbocycles.